The highest BCUT2D eigenvalue weighted by molar-refractivity contribution is 5.90. The summed E-state index contributed by atoms with van der Waals surface area (Å²) >= 11 is 0. The quantitative estimate of drug-likeness (QED) is 0.746. The van der Waals surface area contributed by atoms with Gasteiger partial charge in [-0.05, 0) is 29.8 Å². The van der Waals surface area contributed by atoms with E-state index in [0.29, 0.717) is 11.1 Å². The molecule has 7 heteroatoms. The van der Waals surface area contributed by atoms with Gasteiger partial charge in [0.15, 0.2) is 0 Å². The van der Waals surface area contributed by atoms with Crippen molar-refractivity contribution in [3.05, 3.63) is 71.7 Å². The van der Waals surface area contributed by atoms with Crippen molar-refractivity contribution in [3.63, 3.8) is 0 Å². The molecule has 2 N–H and O–H groups in total. The molecule has 0 aliphatic heterocycles. The van der Waals surface area contributed by atoms with Gasteiger partial charge in [0.1, 0.15) is 11.5 Å². The Morgan fingerprint density at radius 1 is 1.22 bits per heavy atom. The molecule has 1 aromatic heterocycles. The van der Waals surface area contributed by atoms with Crippen LogP contribution in [0.15, 0.2) is 54.7 Å². The van der Waals surface area contributed by atoms with Crippen molar-refractivity contribution in [2.24, 2.45) is 5.73 Å². The summed E-state index contributed by atoms with van der Waals surface area (Å²) in [6.45, 7) is 0.245. The zero-order valence-electron chi connectivity index (χ0n) is 12.0. The minimum atomic E-state index is -0.559. The number of benzene rings is 2. The van der Waals surface area contributed by atoms with Crippen molar-refractivity contribution in [1.29, 1.82) is 0 Å². The van der Waals surface area contributed by atoms with E-state index < -0.39 is 11.8 Å². The second-order valence-corrected chi connectivity index (χ2v) is 4.75. The molecule has 0 fully saturated rings. The van der Waals surface area contributed by atoms with Gasteiger partial charge in [-0.1, -0.05) is 34.6 Å². The zero-order valence-corrected chi connectivity index (χ0v) is 12.0. The van der Waals surface area contributed by atoms with Crippen LogP contribution in [-0.2, 0) is 6.54 Å². The van der Waals surface area contributed by atoms with E-state index in [2.05, 4.69) is 10.3 Å². The lowest BCUT2D eigenvalue weighted by Crippen LogP contribution is -2.08. The molecular weight excluding hydrogens is 299 g/mol. The number of halogens is 1. The lowest BCUT2D eigenvalue weighted by molar-refractivity contribution is 0.0727. The molecule has 6 nitrogen and oxygen atoms in total. The second kappa shape index (κ2) is 6.37. The molecule has 1 heterocycles. The molecule has 0 aliphatic rings. The van der Waals surface area contributed by atoms with E-state index in [1.807, 2.05) is 0 Å². The number of ether oxygens (including phenoxy) is 1. The number of nitrogens with two attached hydrogens (primary N) is 1. The maximum absolute atomic E-state index is 14.0. The average Bonchev–Trinajstić information content (AvgIpc) is 3.03. The molecule has 0 bridgehead atoms. The lowest BCUT2D eigenvalue weighted by Gasteiger charge is -2.03. The van der Waals surface area contributed by atoms with E-state index in [0.717, 1.165) is 0 Å². The predicted octanol–water partition coefficient (Wildman–Crippen LogP) is 2.08. The van der Waals surface area contributed by atoms with Gasteiger partial charge >= 0.3 is 5.97 Å². The van der Waals surface area contributed by atoms with Crippen LogP contribution in [0.2, 0.25) is 0 Å². The molecule has 0 saturated heterocycles. The molecule has 0 aliphatic carbocycles. The normalized spacial score (nSPS) is 10.5. The number of esters is 1. The van der Waals surface area contributed by atoms with Gasteiger partial charge in [-0.15, -0.1) is 0 Å². The third-order valence-corrected chi connectivity index (χ3v) is 3.17. The molecule has 0 unspecified atom stereocenters. The number of nitrogens with zero attached hydrogens (tertiary/aromatic N) is 3. The molecular formula is C16H13FN4O2. The van der Waals surface area contributed by atoms with E-state index in [4.69, 9.17) is 10.5 Å². The minimum absolute atomic E-state index is 0.0128. The van der Waals surface area contributed by atoms with Gasteiger partial charge in [-0.3, -0.25) is 0 Å². The average molecular weight is 312 g/mol. The summed E-state index contributed by atoms with van der Waals surface area (Å²) in [5.74, 6) is -1.06. The third-order valence-electron chi connectivity index (χ3n) is 3.17. The Morgan fingerprint density at radius 2 is 2.00 bits per heavy atom. The Kier molecular flexibility index (Phi) is 4.11. The van der Waals surface area contributed by atoms with Gasteiger partial charge in [0.05, 0.1) is 11.8 Å². The van der Waals surface area contributed by atoms with Crippen LogP contribution in [-0.4, -0.2) is 21.0 Å². The molecule has 0 radical (unpaired) electrons. The molecule has 0 spiro atoms. The van der Waals surface area contributed by atoms with Gasteiger partial charge < -0.3 is 10.5 Å². The van der Waals surface area contributed by atoms with Crippen LogP contribution >= 0.6 is 0 Å². The molecule has 0 atom stereocenters. The fourth-order valence-electron chi connectivity index (χ4n) is 2.00. The van der Waals surface area contributed by atoms with Crippen LogP contribution in [0.3, 0.4) is 0 Å². The number of hydrogen-bond acceptors (Lipinski definition) is 5. The van der Waals surface area contributed by atoms with Crippen molar-refractivity contribution in [2.45, 2.75) is 6.54 Å². The maximum Gasteiger partial charge on any atom is 0.344 e. The highest BCUT2D eigenvalue weighted by Gasteiger charge is 2.13. The highest BCUT2D eigenvalue weighted by Crippen LogP contribution is 2.17. The molecule has 116 valence electrons. The fraction of sp³-hybridized carbons (Fsp3) is 0.0625. The van der Waals surface area contributed by atoms with Gasteiger partial charge in [0, 0.05) is 6.54 Å². The summed E-state index contributed by atoms with van der Waals surface area (Å²) in [5.41, 5.74) is 6.71. The van der Waals surface area contributed by atoms with Crippen molar-refractivity contribution >= 4 is 5.97 Å². The smallest absolute Gasteiger partial charge is 0.344 e. The van der Waals surface area contributed by atoms with Gasteiger partial charge in [0.25, 0.3) is 5.88 Å². The Balaban J connectivity index is 1.80. The van der Waals surface area contributed by atoms with E-state index in [-0.39, 0.29) is 18.1 Å². The lowest BCUT2D eigenvalue weighted by atomic mass is 10.2. The number of aromatic nitrogens is 3. The summed E-state index contributed by atoms with van der Waals surface area (Å²) < 4.78 is 20.3. The standard InChI is InChI=1S/C16H13FN4O2/c17-13-8-11(9-18)6-7-14(13)21-10-15(19-20-21)23-16(22)12-4-2-1-3-5-12/h1-8,10H,9,18H2. The Morgan fingerprint density at radius 3 is 2.70 bits per heavy atom. The SMILES string of the molecule is NCc1ccc(-n2cc(OC(=O)c3ccccc3)nn2)c(F)c1. The summed E-state index contributed by atoms with van der Waals surface area (Å²) in [6.07, 6.45) is 1.33. The van der Waals surface area contributed by atoms with Crippen molar-refractivity contribution < 1.29 is 13.9 Å². The van der Waals surface area contributed by atoms with Crippen LogP contribution in [0, 0.1) is 5.82 Å². The van der Waals surface area contributed by atoms with E-state index in [9.17, 15) is 9.18 Å². The van der Waals surface area contributed by atoms with E-state index >= 15 is 0 Å². The van der Waals surface area contributed by atoms with Gasteiger partial charge in [-0.2, -0.15) is 0 Å². The monoisotopic (exact) mass is 312 g/mol. The van der Waals surface area contributed by atoms with Crippen LogP contribution in [0.5, 0.6) is 5.88 Å². The Labute approximate surface area is 131 Å². The van der Waals surface area contributed by atoms with Crippen LogP contribution in [0.1, 0.15) is 15.9 Å². The Bertz CT molecular complexity index is 833. The topological polar surface area (TPSA) is 83.0 Å². The molecule has 0 saturated carbocycles. The highest BCUT2D eigenvalue weighted by atomic mass is 19.1. The van der Waals surface area contributed by atoms with Crippen LogP contribution in [0.25, 0.3) is 5.69 Å². The summed E-state index contributed by atoms with van der Waals surface area (Å²) in [4.78, 5) is 11.9. The molecule has 2 aromatic carbocycles. The van der Waals surface area contributed by atoms with Gasteiger partial charge in [-0.25, -0.2) is 13.9 Å². The number of carbonyl (C=O) groups is 1. The zero-order chi connectivity index (χ0) is 16.2. The van der Waals surface area contributed by atoms with Crippen molar-refractivity contribution in [1.82, 2.24) is 15.0 Å². The van der Waals surface area contributed by atoms with Gasteiger partial charge in [0.2, 0.25) is 0 Å². The van der Waals surface area contributed by atoms with E-state index in [1.54, 1.807) is 36.4 Å². The molecule has 3 aromatic rings. The van der Waals surface area contributed by atoms with E-state index in [1.165, 1.54) is 23.0 Å². The first-order chi connectivity index (χ1) is 11.2. The second-order valence-electron chi connectivity index (χ2n) is 4.75. The first kappa shape index (κ1) is 14.9. The molecule has 0 amide bonds. The summed E-state index contributed by atoms with van der Waals surface area (Å²) in [7, 11) is 0. The number of rotatable bonds is 4. The largest absolute Gasteiger partial charge is 0.400 e. The first-order valence-electron chi connectivity index (χ1n) is 6.86. The number of carbonyl (C=O) groups excluding carboxylic acids is 1. The summed E-state index contributed by atoms with van der Waals surface area (Å²) in [6, 6.07) is 13.0. The number of hydrogen-bond donors (Lipinski definition) is 1. The first-order valence-corrected chi connectivity index (χ1v) is 6.86. The molecule has 23 heavy (non-hydrogen) atoms. The molecule has 3 rings (SSSR count). The maximum atomic E-state index is 14.0. The predicted molar refractivity (Wildman–Crippen MR) is 80.6 cm³/mol. The minimum Gasteiger partial charge on any atom is -0.400 e. The van der Waals surface area contributed by atoms with Crippen LogP contribution in [0.4, 0.5) is 4.39 Å². The van der Waals surface area contributed by atoms with Crippen molar-refractivity contribution in [3.8, 4) is 11.6 Å². The van der Waals surface area contributed by atoms with Crippen LogP contribution < -0.4 is 10.5 Å². The summed E-state index contributed by atoms with van der Waals surface area (Å²) in [5, 5.41) is 7.49. The van der Waals surface area contributed by atoms with Crippen molar-refractivity contribution in [2.75, 3.05) is 0 Å². The Hall–Kier alpha value is -3.06. The fourth-order valence-corrected chi connectivity index (χ4v) is 2.00. The third kappa shape index (κ3) is 3.24.